The summed E-state index contributed by atoms with van der Waals surface area (Å²) >= 11 is 0. The molecule has 0 heterocycles. The molecular formula is C12H14O2. The molecule has 0 bridgehead atoms. The van der Waals surface area contributed by atoms with Gasteiger partial charge in [-0.05, 0) is 44.4 Å². The van der Waals surface area contributed by atoms with Crippen molar-refractivity contribution in [1.29, 1.82) is 0 Å². The molecule has 0 spiro atoms. The summed E-state index contributed by atoms with van der Waals surface area (Å²) in [6, 6.07) is 5.72. The van der Waals surface area contributed by atoms with Crippen molar-refractivity contribution in [3.63, 3.8) is 0 Å². The lowest BCUT2D eigenvalue weighted by Gasteiger charge is -2.09. The topological polar surface area (TPSA) is 26.3 Å². The Kier molecular flexibility index (Phi) is 2.28. The Bertz CT molecular complexity index is 365. The molecule has 0 unspecified atom stereocenters. The van der Waals surface area contributed by atoms with Crippen LogP contribution in [0.25, 0.3) is 0 Å². The van der Waals surface area contributed by atoms with Gasteiger partial charge in [-0.3, -0.25) is 4.79 Å². The third-order valence-electron chi connectivity index (χ3n) is 2.33. The molecule has 1 aliphatic carbocycles. The number of rotatable bonds is 3. The Morgan fingerprint density at radius 3 is 2.71 bits per heavy atom. The first kappa shape index (κ1) is 9.25. The molecule has 1 aromatic carbocycles. The van der Waals surface area contributed by atoms with Gasteiger partial charge in [0.25, 0.3) is 0 Å². The maximum atomic E-state index is 11.3. The molecular weight excluding hydrogens is 176 g/mol. The Morgan fingerprint density at radius 1 is 1.43 bits per heavy atom. The largest absolute Gasteiger partial charge is 0.490 e. The number of hydrogen-bond acceptors (Lipinski definition) is 2. The molecule has 1 fully saturated rings. The van der Waals surface area contributed by atoms with E-state index in [1.165, 1.54) is 0 Å². The van der Waals surface area contributed by atoms with E-state index in [1.807, 2.05) is 25.1 Å². The van der Waals surface area contributed by atoms with Crippen LogP contribution in [0.2, 0.25) is 0 Å². The number of hydrogen-bond donors (Lipinski definition) is 0. The molecule has 0 saturated heterocycles. The highest BCUT2D eigenvalue weighted by atomic mass is 16.5. The minimum atomic E-state index is 0.0700. The number of ketones is 1. The molecule has 14 heavy (non-hydrogen) atoms. The minimum Gasteiger partial charge on any atom is -0.490 e. The summed E-state index contributed by atoms with van der Waals surface area (Å²) in [6.07, 6.45) is 2.58. The zero-order chi connectivity index (χ0) is 10.1. The Morgan fingerprint density at radius 2 is 2.14 bits per heavy atom. The summed E-state index contributed by atoms with van der Waals surface area (Å²) in [6.45, 7) is 3.58. The van der Waals surface area contributed by atoms with E-state index in [9.17, 15) is 4.79 Å². The van der Waals surface area contributed by atoms with E-state index in [2.05, 4.69) is 0 Å². The normalized spacial score (nSPS) is 15.3. The third-order valence-corrected chi connectivity index (χ3v) is 2.33. The summed E-state index contributed by atoms with van der Waals surface area (Å²) in [5.74, 6) is 0.820. The molecule has 0 radical (unpaired) electrons. The van der Waals surface area contributed by atoms with E-state index >= 15 is 0 Å². The number of aryl methyl sites for hydroxylation is 1. The molecule has 1 aliphatic rings. The third kappa shape index (κ3) is 1.95. The van der Waals surface area contributed by atoms with Crippen LogP contribution in [-0.4, -0.2) is 11.9 Å². The van der Waals surface area contributed by atoms with Crippen molar-refractivity contribution in [1.82, 2.24) is 0 Å². The molecule has 2 nitrogen and oxygen atoms in total. The Hall–Kier alpha value is -1.31. The average molecular weight is 190 g/mol. The maximum Gasteiger partial charge on any atom is 0.163 e. The van der Waals surface area contributed by atoms with E-state index in [4.69, 9.17) is 4.74 Å². The van der Waals surface area contributed by atoms with Gasteiger partial charge >= 0.3 is 0 Å². The summed E-state index contributed by atoms with van der Waals surface area (Å²) < 4.78 is 5.68. The number of Topliss-reactive ketones (excluding diaryl/α,β-unsaturated/α-hetero) is 1. The lowest BCUT2D eigenvalue weighted by molar-refractivity contribution is 0.101. The van der Waals surface area contributed by atoms with Crippen molar-refractivity contribution in [2.75, 3.05) is 0 Å². The van der Waals surface area contributed by atoms with Crippen molar-refractivity contribution >= 4 is 5.78 Å². The molecule has 2 heteroatoms. The second-order valence-corrected chi connectivity index (χ2v) is 3.87. The fourth-order valence-corrected chi connectivity index (χ4v) is 1.38. The van der Waals surface area contributed by atoms with Crippen LogP contribution in [0.3, 0.4) is 0 Å². The van der Waals surface area contributed by atoms with Gasteiger partial charge in [0, 0.05) is 0 Å². The smallest absolute Gasteiger partial charge is 0.163 e. The van der Waals surface area contributed by atoms with Crippen molar-refractivity contribution < 1.29 is 9.53 Å². The van der Waals surface area contributed by atoms with E-state index < -0.39 is 0 Å². The lowest BCUT2D eigenvalue weighted by Crippen LogP contribution is -2.03. The summed E-state index contributed by atoms with van der Waals surface area (Å²) in [4.78, 5) is 11.3. The van der Waals surface area contributed by atoms with Crippen molar-refractivity contribution in [3.8, 4) is 5.75 Å². The van der Waals surface area contributed by atoms with Crippen molar-refractivity contribution in [2.24, 2.45) is 0 Å². The first-order valence-corrected chi connectivity index (χ1v) is 4.95. The van der Waals surface area contributed by atoms with Crippen molar-refractivity contribution in [2.45, 2.75) is 32.8 Å². The van der Waals surface area contributed by atoms with Gasteiger partial charge in [-0.2, -0.15) is 0 Å². The van der Waals surface area contributed by atoms with E-state index in [-0.39, 0.29) is 5.78 Å². The highest BCUT2D eigenvalue weighted by Gasteiger charge is 2.25. The van der Waals surface area contributed by atoms with Gasteiger partial charge in [-0.15, -0.1) is 0 Å². The van der Waals surface area contributed by atoms with Gasteiger partial charge < -0.3 is 4.74 Å². The first-order chi connectivity index (χ1) is 6.66. The zero-order valence-electron chi connectivity index (χ0n) is 8.54. The molecule has 0 atom stereocenters. The summed E-state index contributed by atoms with van der Waals surface area (Å²) in [5.41, 5.74) is 1.83. The quantitative estimate of drug-likeness (QED) is 0.685. The van der Waals surface area contributed by atoms with Gasteiger partial charge in [0.05, 0.1) is 11.7 Å². The van der Waals surface area contributed by atoms with Gasteiger partial charge in [-0.25, -0.2) is 0 Å². The van der Waals surface area contributed by atoms with Crippen LogP contribution >= 0.6 is 0 Å². The monoisotopic (exact) mass is 190 g/mol. The van der Waals surface area contributed by atoms with Gasteiger partial charge in [0.2, 0.25) is 0 Å². The molecule has 2 rings (SSSR count). The number of benzene rings is 1. The maximum absolute atomic E-state index is 11.3. The van der Waals surface area contributed by atoms with Crippen LogP contribution in [0, 0.1) is 6.92 Å². The first-order valence-electron chi connectivity index (χ1n) is 4.95. The van der Waals surface area contributed by atoms with Crippen LogP contribution < -0.4 is 4.74 Å². The van der Waals surface area contributed by atoms with Crippen LogP contribution in [0.5, 0.6) is 5.75 Å². The highest BCUT2D eigenvalue weighted by Crippen LogP contribution is 2.30. The van der Waals surface area contributed by atoms with Crippen LogP contribution in [0.4, 0.5) is 0 Å². The SMILES string of the molecule is CC(=O)c1ccc(C)cc1OC1CC1. The predicted octanol–water partition coefficient (Wildman–Crippen LogP) is 2.74. The van der Waals surface area contributed by atoms with E-state index in [1.54, 1.807) is 6.92 Å². The number of ether oxygens (including phenoxy) is 1. The molecule has 1 aromatic rings. The molecule has 0 amide bonds. The molecule has 1 saturated carbocycles. The van der Waals surface area contributed by atoms with Crippen LogP contribution in [0.1, 0.15) is 35.7 Å². The molecule has 0 aliphatic heterocycles. The van der Waals surface area contributed by atoms with Crippen LogP contribution in [0.15, 0.2) is 18.2 Å². The van der Waals surface area contributed by atoms with Crippen molar-refractivity contribution in [3.05, 3.63) is 29.3 Å². The van der Waals surface area contributed by atoms with E-state index in [0.717, 1.165) is 24.2 Å². The van der Waals surface area contributed by atoms with Crippen LogP contribution in [-0.2, 0) is 0 Å². The van der Waals surface area contributed by atoms with E-state index in [0.29, 0.717) is 11.7 Å². The summed E-state index contributed by atoms with van der Waals surface area (Å²) in [5, 5.41) is 0. The predicted molar refractivity (Wildman–Crippen MR) is 54.8 cm³/mol. The fourth-order valence-electron chi connectivity index (χ4n) is 1.38. The van der Waals surface area contributed by atoms with Gasteiger partial charge in [-0.1, -0.05) is 6.07 Å². The van der Waals surface area contributed by atoms with Gasteiger partial charge in [0.15, 0.2) is 5.78 Å². The summed E-state index contributed by atoms with van der Waals surface area (Å²) in [7, 11) is 0. The minimum absolute atomic E-state index is 0.0700. The number of carbonyl (C=O) groups excluding carboxylic acids is 1. The molecule has 0 aromatic heterocycles. The average Bonchev–Trinajstić information content (AvgIpc) is 2.87. The highest BCUT2D eigenvalue weighted by molar-refractivity contribution is 5.96. The molecule has 74 valence electrons. The molecule has 0 N–H and O–H groups in total. The second-order valence-electron chi connectivity index (χ2n) is 3.87. The lowest BCUT2D eigenvalue weighted by atomic mass is 10.1. The fraction of sp³-hybridized carbons (Fsp3) is 0.417. The standard InChI is InChI=1S/C12H14O2/c1-8-3-6-11(9(2)13)12(7-8)14-10-4-5-10/h3,6-7,10H,4-5H2,1-2H3. The second kappa shape index (κ2) is 3.45. The Labute approximate surface area is 83.9 Å². The number of carbonyl (C=O) groups is 1. The van der Waals surface area contributed by atoms with Gasteiger partial charge in [0.1, 0.15) is 5.75 Å². The zero-order valence-corrected chi connectivity index (χ0v) is 8.54. The Balaban J connectivity index is 2.31.